The number of nitrogens with zero attached hydrogens (tertiary/aromatic N) is 3. The molecule has 0 bridgehead atoms. The molecule has 92 valence electrons. The summed E-state index contributed by atoms with van der Waals surface area (Å²) in [6, 6.07) is 7.20. The van der Waals surface area contributed by atoms with E-state index in [-0.39, 0.29) is 11.3 Å². The summed E-state index contributed by atoms with van der Waals surface area (Å²) in [5, 5.41) is 23.5. The number of benzene rings is 1. The topological polar surface area (TPSA) is 116 Å². The minimum absolute atomic E-state index is 0.277. The molecule has 17 heavy (non-hydrogen) atoms. The lowest BCUT2D eigenvalue weighted by molar-refractivity contribution is -0.329. The average molecular weight is 239 g/mol. The van der Waals surface area contributed by atoms with E-state index in [1.807, 2.05) is 17.6 Å². The zero-order valence-electron chi connectivity index (χ0n) is 9.11. The Morgan fingerprint density at radius 3 is 2.82 bits per heavy atom. The van der Waals surface area contributed by atoms with Crippen molar-refractivity contribution in [3.8, 4) is 5.75 Å². The molecule has 5 N–H and O–H groups in total. The van der Waals surface area contributed by atoms with Crippen LogP contribution in [-0.2, 0) is 0 Å². The number of nitrogens with one attached hydrogen (secondary N) is 1. The minimum Gasteiger partial charge on any atom is -0.496 e. The van der Waals surface area contributed by atoms with Crippen LogP contribution in [-0.4, -0.2) is 35.0 Å². The third-order valence-electron chi connectivity index (χ3n) is 1.72. The number of hydrazine groups is 1. The van der Waals surface area contributed by atoms with Crippen LogP contribution < -0.4 is 15.9 Å². The van der Waals surface area contributed by atoms with Crippen LogP contribution in [0, 0.1) is 0 Å². The molecule has 0 saturated heterocycles. The number of hydrogen-bond acceptors (Lipinski definition) is 6. The van der Waals surface area contributed by atoms with Crippen LogP contribution in [0.25, 0.3) is 0 Å². The van der Waals surface area contributed by atoms with Crippen LogP contribution in [0.3, 0.4) is 0 Å². The monoisotopic (exact) mass is 239 g/mol. The van der Waals surface area contributed by atoms with Crippen molar-refractivity contribution in [2.24, 2.45) is 15.9 Å². The van der Waals surface area contributed by atoms with Crippen LogP contribution in [0.4, 0.5) is 0 Å². The lowest BCUT2D eigenvalue weighted by atomic mass is 10.2. The second kappa shape index (κ2) is 6.43. The van der Waals surface area contributed by atoms with Gasteiger partial charge in [-0.25, -0.2) is 5.43 Å². The summed E-state index contributed by atoms with van der Waals surface area (Å²) in [6.45, 7) is 0. The quantitative estimate of drug-likeness (QED) is 0.332. The van der Waals surface area contributed by atoms with Crippen molar-refractivity contribution in [3.05, 3.63) is 29.8 Å². The SMILES string of the molecule is COc1ccccc1C=NN=C(N)NN(O)O. The lowest BCUT2D eigenvalue weighted by Crippen LogP contribution is -2.41. The number of methoxy groups -OCH3 is 1. The molecular weight excluding hydrogens is 226 g/mol. The van der Waals surface area contributed by atoms with Gasteiger partial charge in [-0.2, -0.15) is 5.10 Å². The van der Waals surface area contributed by atoms with E-state index in [0.29, 0.717) is 5.75 Å². The number of ether oxygens (including phenoxy) is 1. The normalized spacial score (nSPS) is 12.1. The van der Waals surface area contributed by atoms with E-state index >= 15 is 0 Å². The zero-order valence-corrected chi connectivity index (χ0v) is 9.11. The number of para-hydroxylation sites is 1. The molecule has 0 saturated carbocycles. The van der Waals surface area contributed by atoms with Crippen molar-refractivity contribution < 1.29 is 15.2 Å². The maximum Gasteiger partial charge on any atom is 0.232 e. The molecule has 0 unspecified atom stereocenters. The highest BCUT2D eigenvalue weighted by Crippen LogP contribution is 2.14. The predicted molar refractivity (Wildman–Crippen MR) is 60.8 cm³/mol. The van der Waals surface area contributed by atoms with Gasteiger partial charge in [0, 0.05) is 10.9 Å². The van der Waals surface area contributed by atoms with E-state index < -0.39 is 0 Å². The number of nitrogens with two attached hydrogens (primary N) is 1. The number of hydrogen-bond donors (Lipinski definition) is 4. The number of rotatable bonds is 4. The van der Waals surface area contributed by atoms with Gasteiger partial charge in [-0.05, 0) is 12.1 Å². The summed E-state index contributed by atoms with van der Waals surface area (Å²) >= 11 is 0. The fraction of sp³-hybridized carbons (Fsp3) is 0.111. The maximum absolute atomic E-state index is 8.37. The molecule has 0 radical (unpaired) electrons. The molecule has 1 aromatic rings. The van der Waals surface area contributed by atoms with Gasteiger partial charge in [0.15, 0.2) is 0 Å². The van der Waals surface area contributed by atoms with Gasteiger partial charge in [-0.15, -0.1) is 5.10 Å². The van der Waals surface area contributed by atoms with Crippen LogP contribution in [0.15, 0.2) is 34.5 Å². The van der Waals surface area contributed by atoms with E-state index in [2.05, 4.69) is 10.2 Å². The van der Waals surface area contributed by atoms with E-state index in [4.69, 9.17) is 20.9 Å². The van der Waals surface area contributed by atoms with E-state index in [1.165, 1.54) is 6.21 Å². The van der Waals surface area contributed by atoms with Gasteiger partial charge in [0.25, 0.3) is 0 Å². The molecule has 8 heteroatoms. The summed E-state index contributed by atoms with van der Waals surface area (Å²) in [7, 11) is 1.54. The van der Waals surface area contributed by atoms with Gasteiger partial charge in [-0.3, -0.25) is 10.4 Å². The Labute approximate surface area is 97.5 Å². The fourth-order valence-corrected chi connectivity index (χ4v) is 1.05. The van der Waals surface area contributed by atoms with E-state index in [9.17, 15) is 0 Å². The standard InChI is InChI=1S/C9H13N5O3/c1-17-8-5-3-2-4-7(8)6-11-12-9(10)13-14(15)16/h2-6,15-16H,1H3,(H3,10,12,13). The summed E-state index contributed by atoms with van der Waals surface area (Å²) in [5.74, 6) is 0.366. The Bertz CT molecular complexity index is 419. The molecule has 8 nitrogen and oxygen atoms in total. The molecule has 0 heterocycles. The third-order valence-corrected chi connectivity index (χ3v) is 1.72. The molecule has 0 atom stereocenters. The highest BCUT2D eigenvalue weighted by molar-refractivity contribution is 5.84. The molecule has 0 aliphatic heterocycles. The van der Waals surface area contributed by atoms with Crippen LogP contribution >= 0.6 is 0 Å². The van der Waals surface area contributed by atoms with Gasteiger partial charge < -0.3 is 10.5 Å². The first-order valence-electron chi connectivity index (χ1n) is 4.57. The Morgan fingerprint density at radius 2 is 2.18 bits per heavy atom. The van der Waals surface area contributed by atoms with Crippen LogP contribution in [0.1, 0.15) is 5.56 Å². The average Bonchev–Trinajstić information content (AvgIpc) is 2.28. The molecular formula is C9H13N5O3. The lowest BCUT2D eigenvalue weighted by Gasteiger charge is -2.05. The number of guanidine groups is 1. The second-order valence-corrected chi connectivity index (χ2v) is 2.87. The van der Waals surface area contributed by atoms with Crippen LogP contribution in [0.2, 0.25) is 0 Å². The first-order chi connectivity index (χ1) is 8.13. The van der Waals surface area contributed by atoms with Gasteiger partial charge in [0.1, 0.15) is 5.75 Å². The van der Waals surface area contributed by atoms with Gasteiger partial charge >= 0.3 is 0 Å². The Hall–Kier alpha value is -2.16. The Kier molecular flexibility index (Phi) is 4.88. The second-order valence-electron chi connectivity index (χ2n) is 2.87. The summed E-state index contributed by atoms with van der Waals surface area (Å²) in [4.78, 5) is 0. The molecule has 1 aromatic carbocycles. The molecule has 0 aliphatic carbocycles. The molecule has 0 amide bonds. The van der Waals surface area contributed by atoms with E-state index in [0.717, 1.165) is 5.56 Å². The minimum atomic E-state index is -0.322. The van der Waals surface area contributed by atoms with Crippen LogP contribution in [0.5, 0.6) is 5.75 Å². The van der Waals surface area contributed by atoms with Crippen molar-refractivity contribution >= 4 is 12.2 Å². The van der Waals surface area contributed by atoms with Crippen molar-refractivity contribution in [1.82, 2.24) is 10.8 Å². The third kappa shape index (κ3) is 4.47. The maximum atomic E-state index is 8.37. The molecule has 1 rings (SSSR count). The van der Waals surface area contributed by atoms with Crippen molar-refractivity contribution in [1.29, 1.82) is 0 Å². The summed E-state index contributed by atoms with van der Waals surface area (Å²) < 4.78 is 5.09. The summed E-state index contributed by atoms with van der Waals surface area (Å²) in [6.07, 6.45) is 1.42. The molecule has 0 fully saturated rings. The largest absolute Gasteiger partial charge is 0.496 e. The van der Waals surface area contributed by atoms with Gasteiger partial charge in [-0.1, -0.05) is 12.1 Å². The van der Waals surface area contributed by atoms with Gasteiger partial charge in [0.2, 0.25) is 5.96 Å². The van der Waals surface area contributed by atoms with Crippen molar-refractivity contribution in [2.75, 3.05) is 7.11 Å². The zero-order chi connectivity index (χ0) is 12.7. The first kappa shape index (κ1) is 12.9. The summed E-state index contributed by atoms with van der Waals surface area (Å²) in [5.41, 5.74) is 7.85. The fourth-order valence-electron chi connectivity index (χ4n) is 1.05. The van der Waals surface area contributed by atoms with Crippen molar-refractivity contribution in [3.63, 3.8) is 0 Å². The highest BCUT2D eigenvalue weighted by Gasteiger charge is 1.97. The highest BCUT2D eigenvalue weighted by atomic mass is 16.8. The molecule has 0 aliphatic rings. The Morgan fingerprint density at radius 1 is 1.47 bits per heavy atom. The predicted octanol–water partition coefficient (Wildman–Crippen LogP) is -0.0712. The van der Waals surface area contributed by atoms with Gasteiger partial charge in [0.05, 0.1) is 13.3 Å². The first-order valence-corrected chi connectivity index (χ1v) is 4.57. The van der Waals surface area contributed by atoms with Crippen molar-refractivity contribution in [2.45, 2.75) is 0 Å². The molecule has 0 spiro atoms. The Balaban J connectivity index is 2.70. The van der Waals surface area contributed by atoms with E-state index in [1.54, 1.807) is 19.2 Å². The smallest absolute Gasteiger partial charge is 0.232 e. The molecule has 0 aromatic heterocycles.